The summed E-state index contributed by atoms with van der Waals surface area (Å²) in [7, 11) is 0. The van der Waals surface area contributed by atoms with Crippen LogP contribution in [0.3, 0.4) is 0 Å². The molecule has 0 saturated carbocycles. The van der Waals surface area contributed by atoms with Crippen LogP contribution in [0.15, 0.2) is 48.5 Å². The van der Waals surface area contributed by atoms with Crippen molar-refractivity contribution in [2.45, 2.75) is 12.8 Å². The lowest BCUT2D eigenvalue weighted by Crippen LogP contribution is -2.07. The van der Waals surface area contributed by atoms with Gasteiger partial charge in [0.1, 0.15) is 5.78 Å². The Kier molecular flexibility index (Phi) is 4.48. The fourth-order valence-electron chi connectivity index (χ4n) is 1.91. The Hall–Kier alpha value is -2.20. The van der Waals surface area contributed by atoms with Gasteiger partial charge in [-0.15, -0.1) is 0 Å². The standard InChI is InChI=1S/C15H12ClNO3/c16-15-7-6-13(17(19)20)9-12(15)10-14(18)8-11-4-2-1-3-5-11/h1-7,9H,8,10H2. The molecule has 2 rings (SSSR count). The third kappa shape index (κ3) is 3.65. The van der Waals surface area contributed by atoms with E-state index in [1.807, 2.05) is 30.3 Å². The number of nitrogens with zero attached hydrogens (tertiary/aromatic N) is 1. The molecule has 0 N–H and O–H groups in total. The Labute approximate surface area is 121 Å². The topological polar surface area (TPSA) is 60.2 Å². The maximum absolute atomic E-state index is 12.0. The van der Waals surface area contributed by atoms with E-state index in [4.69, 9.17) is 11.6 Å². The minimum Gasteiger partial charge on any atom is -0.299 e. The fraction of sp³-hybridized carbons (Fsp3) is 0.133. The summed E-state index contributed by atoms with van der Waals surface area (Å²) in [6, 6.07) is 13.5. The molecule has 102 valence electrons. The summed E-state index contributed by atoms with van der Waals surface area (Å²) in [5.41, 5.74) is 1.35. The Morgan fingerprint density at radius 1 is 1.10 bits per heavy atom. The molecule has 0 spiro atoms. The van der Waals surface area contributed by atoms with Gasteiger partial charge in [0, 0.05) is 30.0 Å². The first kappa shape index (κ1) is 14.2. The second kappa shape index (κ2) is 6.30. The Morgan fingerprint density at radius 2 is 1.80 bits per heavy atom. The molecule has 2 aromatic rings. The first-order valence-corrected chi connectivity index (χ1v) is 6.42. The summed E-state index contributed by atoms with van der Waals surface area (Å²) in [6.45, 7) is 0. The average molecular weight is 290 g/mol. The van der Waals surface area contributed by atoms with Gasteiger partial charge in [-0.3, -0.25) is 14.9 Å². The lowest BCUT2D eigenvalue weighted by Gasteiger charge is -2.04. The molecule has 0 aromatic heterocycles. The fourth-order valence-corrected chi connectivity index (χ4v) is 2.09. The molecule has 0 radical (unpaired) electrons. The lowest BCUT2D eigenvalue weighted by molar-refractivity contribution is -0.384. The van der Waals surface area contributed by atoms with Gasteiger partial charge < -0.3 is 0 Å². The summed E-state index contributed by atoms with van der Waals surface area (Å²) >= 11 is 5.97. The van der Waals surface area contributed by atoms with Crippen LogP contribution in [0.4, 0.5) is 5.69 Å². The highest BCUT2D eigenvalue weighted by atomic mass is 35.5. The van der Waals surface area contributed by atoms with Gasteiger partial charge in [-0.1, -0.05) is 41.9 Å². The molecule has 0 saturated heterocycles. The molecule has 0 aliphatic heterocycles. The Balaban J connectivity index is 2.11. The van der Waals surface area contributed by atoms with Crippen LogP contribution in [0, 0.1) is 10.1 Å². The quantitative estimate of drug-likeness (QED) is 0.624. The molecule has 5 heteroatoms. The molecule has 0 atom stereocenters. The van der Waals surface area contributed by atoms with Crippen LogP contribution in [0.5, 0.6) is 0 Å². The zero-order valence-electron chi connectivity index (χ0n) is 10.6. The normalized spacial score (nSPS) is 10.2. The zero-order chi connectivity index (χ0) is 14.5. The maximum Gasteiger partial charge on any atom is 0.269 e. The largest absolute Gasteiger partial charge is 0.299 e. The number of ketones is 1. The average Bonchev–Trinajstić information content (AvgIpc) is 2.42. The van der Waals surface area contributed by atoms with Crippen LogP contribution in [0.25, 0.3) is 0 Å². The van der Waals surface area contributed by atoms with Gasteiger partial charge in [-0.05, 0) is 17.2 Å². The van der Waals surface area contributed by atoms with Crippen LogP contribution in [-0.2, 0) is 17.6 Å². The van der Waals surface area contributed by atoms with Crippen LogP contribution in [0.2, 0.25) is 5.02 Å². The van der Waals surface area contributed by atoms with Crippen molar-refractivity contribution in [3.8, 4) is 0 Å². The number of carbonyl (C=O) groups excluding carboxylic acids is 1. The molecule has 2 aromatic carbocycles. The van der Waals surface area contributed by atoms with Gasteiger partial charge in [0.15, 0.2) is 0 Å². The molecule has 4 nitrogen and oxygen atoms in total. The molecule has 0 bridgehead atoms. The Morgan fingerprint density at radius 3 is 2.45 bits per heavy atom. The van der Waals surface area contributed by atoms with Crippen LogP contribution >= 0.6 is 11.6 Å². The highest BCUT2D eigenvalue weighted by Crippen LogP contribution is 2.23. The SMILES string of the molecule is O=C(Cc1ccccc1)Cc1cc([N+](=O)[O-])ccc1Cl. The van der Waals surface area contributed by atoms with E-state index in [0.29, 0.717) is 17.0 Å². The summed E-state index contributed by atoms with van der Waals surface area (Å²) in [5.74, 6) is -0.0291. The first-order valence-electron chi connectivity index (χ1n) is 6.04. The molecule has 0 aliphatic rings. The number of non-ortho nitro benzene ring substituents is 1. The number of nitro groups is 1. The van der Waals surface area contributed by atoms with E-state index >= 15 is 0 Å². The van der Waals surface area contributed by atoms with Crippen molar-refractivity contribution in [1.29, 1.82) is 0 Å². The van der Waals surface area contributed by atoms with Gasteiger partial charge in [-0.2, -0.15) is 0 Å². The van der Waals surface area contributed by atoms with E-state index in [-0.39, 0.29) is 17.9 Å². The van der Waals surface area contributed by atoms with Crippen molar-refractivity contribution in [2.24, 2.45) is 0 Å². The highest BCUT2D eigenvalue weighted by molar-refractivity contribution is 6.31. The number of Topliss-reactive ketones (excluding diaryl/α,β-unsaturated/α-hetero) is 1. The molecule has 0 aliphatic carbocycles. The number of carbonyl (C=O) groups is 1. The van der Waals surface area contributed by atoms with E-state index in [9.17, 15) is 14.9 Å². The van der Waals surface area contributed by atoms with Gasteiger partial charge in [0.25, 0.3) is 5.69 Å². The molecule has 0 amide bonds. The van der Waals surface area contributed by atoms with E-state index < -0.39 is 4.92 Å². The van der Waals surface area contributed by atoms with Crippen LogP contribution in [0.1, 0.15) is 11.1 Å². The molecular formula is C15H12ClNO3. The van der Waals surface area contributed by atoms with Gasteiger partial charge in [0.2, 0.25) is 0 Å². The smallest absolute Gasteiger partial charge is 0.269 e. The van der Waals surface area contributed by atoms with Crippen molar-refractivity contribution in [2.75, 3.05) is 0 Å². The second-order valence-electron chi connectivity index (χ2n) is 4.41. The van der Waals surface area contributed by atoms with Gasteiger partial charge in [0.05, 0.1) is 4.92 Å². The summed E-state index contributed by atoms with van der Waals surface area (Å²) in [4.78, 5) is 22.2. The Bertz CT molecular complexity index is 641. The minimum atomic E-state index is -0.499. The van der Waals surface area contributed by atoms with Crippen molar-refractivity contribution < 1.29 is 9.72 Å². The predicted molar refractivity (Wildman–Crippen MR) is 77.0 cm³/mol. The summed E-state index contributed by atoms with van der Waals surface area (Å²) in [6.07, 6.45) is 0.384. The van der Waals surface area contributed by atoms with Crippen LogP contribution in [-0.4, -0.2) is 10.7 Å². The minimum absolute atomic E-state index is 0.0291. The molecule has 20 heavy (non-hydrogen) atoms. The molecule has 0 unspecified atom stereocenters. The van der Waals surface area contributed by atoms with Crippen molar-refractivity contribution in [3.05, 3.63) is 74.8 Å². The maximum atomic E-state index is 12.0. The second-order valence-corrected chi connectivity index (χ2v) is 4.82. The van der Waals surface area contributed by atoms with E-state index in [0.717, 1.165) is 5.56 Å². The monoisotopic (exact) mass is 289 g/mol. The highest BCUT2D eigenvalue weighted by Gasteiger charge is 2.13. The predicted octanol–water partition coefficient (Wildman–Crippen LogP) is 3.60. The van der Waals surface area contributed by atoms with Gasteiger partial charge in [-0.25, -0.2) is 0 Å². The third-order valence-corrected chi connectivity index (χ3v) is 3.24. The van der Waals surface area contributed by atoms with Crippen molar-refractivity contribution in [3.63, 3.8) is 0 Å². The number of rotatable bonds is 5. The molecular weight excluding hydrogens is 278 g/mol. The first-order chi connectivity index (χ1) is 9.56. The number of hydrogen-bond acceptors (Lipinski definition) is 3. The molecule has 0 heterocycles. The van der Waals surface area contributed by atoms with E-state index in [1.165, 1.54) is 18.2 Å². The lowest BCUT2D eigenvalue weighted by atomic mass is 10.0. The van der Waals surface area contributed by atoms with E-state index in [2.05, 4.69) is 0 Å². The zero-order valence-corrected chi connectivity index (χ0v) is 11.3. The number of nitro benzene ring substituents is 1. The van der Waals surface area contributed by atoms with Crippen molar-refractivity contribution in [1.82, 2.24) is 0 Å². The van der Waals surface area contributed by atoms with Crippen molar-refractivity contribution >= 4 is 23.1 Å². The van der Waals surface area contributed by atoms with Gasteiger partial charge >= 0.3 is 0 Å². The summed E-state index contributed by atoms with van der Waals surface area (Å²) in [5, 5.41) is 11.1. The van der Waals surface area contributed by atoms with Crippen LogP contribution < -0.4 is 0 Å². The number of benzene rings is 2. The number of halogens is 1. The summed E-state index contributed by atoms with van der Waals surface area (Å²) < 4.78 is 0. The van der Waals surface area contributed by atoms with E-state index in [1.54, 1.807) is 0 Å². The third-order valence-electron chi connectivity index (χ3n) is 2.87. The number of hydrogen-bond donors (Lipinski definition) is 0. The molecule has 0 fully saturated rings.